The number of rotatable bonds is 12. The van der Waals surface area contributed by atoms with E-state index in [0.717, 1.165) is 147 Å². The van der Waals surface area contributed by atoms with Crippen molar-refractivity contribution in [1.82, 2.24) is 79.1 Å². The lowest BCUT2D eigenvalue weighted by Crippen LogP contribution is -2.62. The lowest BCUT2D eigenvalue weighted by atomic mass is 9.68. The molecule has 24 atom stereocenters. The third-order valence-electron chi connectivity index (χ3n) is 38.7. The molecular formula is C117H144FN23O9. The normalized spacial score (nSPS) is 33.9. The predicted octanol–water partition coefficient (Wildman–Crippen LogP) is 19.9. The molecule has 8 unspecified atom stereocenters. The maximum atomic E-state index is 14.4. The topological polar surface area (TPSA) is 328 Å². The van der Waals surface area contributed by atoms with Crippen molar-refractivity contribution in [3.8, 4) is 0 Å². The predicted molar refractivity (Wildman–Crippen MR) is 581 cm³/mol. The van der Waals surface area contributed by atoms with E-state index < -0.39 is 30.0 Å². The highest BCUT2D eigenvalue weighted by atomic mass is 19.1. The van der Waals surface area contributed by atoms with Crippen LogP contribution in [0, 0.1) is 47.3 Å². The fraction of sp³-hybridized carbons (Fsp3) is 0.581. The highest BCUT2D eigenvalue weighted by molar-refractivity contribution is 6.03. The molecule has 8 amide bonds. The van der Waals surface area contributed by atoms with Crippen LogP contribution in [0.1, 0.15) is 294 Å². The zero-order valence-corrected chi connectivity index (χ0v) is 86.4. The number of carbonyl (C=O) groups excluding carboxylic acids is 4. The Morgan fingerprint density at radius 2 is 0.520 bits per heavy atom. The van der Waals surface area contributed by atoms with E-state index in [0.29, 0.717) is 125 Å². The smallest absolute Gasteiger partial charge is 0.348 e. The molecule has 4 aromatic carbocycles. The van der Waals surface area contributed by atoms with Gasteiger partial charge in [-0.15, -0.1) is 0 Å². The van der Waals surface area contributed by atoms with Gasteiger partial charge in [0.1, 0.15) is 0 Å². The van der Waals surface area contributed by atoms with Gasteiger partial charge in [0.05, 0.1) is 105 Å². The highest BCUT2D eigenvalue weighted by Crippen LogP contribution is 2.54. The lowest BCUT2D eigenvalue weighted by molar-refractivity contribution is -0.116. The van der Waals surface area contributed by atoms with Crippen LogP contribution in [0.3, 0.4) is 0 Å². The Morgan fingerprint density at radius 1 is 0.267 bits per heavy atom. The van der Waals surface area contributed by atoms with E-state index in [-0.39, 0.29) is 75.4 Å². The summed E-state index contributed by atoms with van der Waals surface area (Å²) in [5.41, 5.74) is 5.89. The van der Waals surface area contributed by atoms with Crippen LogP contribution >= 0.6 is 0 Å². The number of aromatic nitrogens is 8. The van der Waals surface area contributed by atoms with E-state index in [1.165, 1.54) is 237 Å². The number of allylic oxidation sites excluding steroid dienone is 4. The molecule has 8 aliphatic carbocycles. The fourth-order valence-electron chi connectivity index (χ4n) is 33.1. The third-order valence-corrected chi connectivity index (χ3v) is 38.7. The molecule has 32 nitrogen and oxygen atoms in total. The van der Waals surface area contributed by atoms with E-state index in [4.69, 9.17) is 4.74 Å². The fourth-order valence-corrected chi connectivity index (χ4v) is 33.1. The molecule has 16 fully saturated rings. The number of para-hydroxylation sites is 8. The molecule has 8 saturated heterocycles. The number of morpholine rings is 1. The van der Waals surface area contributed by atoms with Crippen molar-refractivity contribution in [2.45, 2.75) is 366 Å². The van der Waals surface area contributed by atoms with Gasteiger partial charge in [-0.25, -0.2) is 48.4 Å². The molecule has 150 heavy (non-hydrogen) atoms. The van der Waals surface area contributed by atoms with Gasteiger partial charge in [0.25, 0.3) is 22.2 Å². The van der Waals surface area contributed by atoms with Crippen molar-refractivity contribution in [3.63, 3.8) is 0 Å². The number of urea groups is 4. The molecule has 0 spiro atoms. The molecule has 4 N–H and O–H groups in total. The number of amides is 8. The third kappa shape index (κ3) is 19.1. The lowest BCUT2D eigenvalue weighted by Gasteiger charge is -2.55. The Labute approximate surface area is 874 Å². The summed E-state index contributed by atoms with van der Waals surface area (Å²) < 4.78 is 28.1. The minimum Gasteiger partial charge on any atom is -0.378 e. The quantitative estimate of drug-likeness (QED) is 0.0883. The van der Waals surface area contributed by atoms with E-state index in [9.17, 15) is 42.7 Å². The summed E-state index contributed by atoms with van der Waals surface area (Å²) in [4.78, 5) is 138. The van der Waals surface area contributed by atoms with Crippen molar-refractivity contribution in [2.75, 3.05) is 33.1 Å². The molecule has 16 bridgehead atoms. The first-order chi connectivity index (χ1) is 73.1. The SMILES string of the molecule is C=C1C=NN(c2nc3ccccc3n(C3C[C@H]4CCC[C@@H](C3)N4C3C[C@H]4CCC[C@@H](C3)C4)c2=O)C(=O)N1.C=C1C=NN(c2nc3ccccc3n(C3C[C@H]4CC[C@@H](C3)N4C3C[C@H]4CCCC[C@@H](C3)C4)c2=O)C(=O)N1.C=C1C=NN(c2nc3ccccc3n(C3C[C@H]4COC[C@@H](C3)N4C3C[C@H]4CCCC[C@@H](C3)C4)c2=O)C(=O)N1.C=C1NC(=O)N(c2nc3ccccc3n(C3C[C@H]4CCC[C@@H](C3)N4C3C[C@H]4CCC[C@@H](C3)C4)c2=O)C=C1F. The van der Waals surface area contributed by atoms with E-state index >= 15 is 0 Å². The highest BCUT2D eigenvalue weighted by Gasteiger charge is 2.53. The van der Waals surface area contributed by atoms with E-state index in [1.54, 1.807) is 0 Å². The summed E-state index contributed by atoms with van der Waals surface area (Å²) in [7, 11) is 0. The summed E-state index contributed by atoms with van der Waals surface area (Å²) in [6.45, 7) is 16.1. The van der Waals surface area contributed by atoms with Gasteiger partial charge in [-0.05, 0) is 263 Å². The second kappa shape index (κ2) is 41.5. The molecule has 12 aliphatic heterocycles. The average Bonchev–Trinajstić information content (AvgIpc) is 0.950. The van der Waals surface area contributed by atoms with Gasteiger partial charge in [0, 0.05) is 96.7 Å². The first-order valence-electron chi connectivity index (χ1n) is 57.0. The minimum atomic E-state index is -0.689. The summed E-state index contributed by atoms with van der Waals surface area (Å²) in [6.07, 6.45) is 58.7. The van der Waals surface area contributed by atoms with Gasteiger partial charge in [-0.3, -0.25) is 38.8 Å². The molecule has 33 heteroatoms. The Hall–Kier alpha value is -12.0. The first-order valence-corrected chi connectivity index (χ1v) is 57.0. The van der Waals surface area contributed by atoms with Crippen LogP contribution in [-0.2, 0) is 4.74 Å². The second-order valence-corrected chi connectivity index (χ2v) is 48.0. The number of piperidine rings is 6. The largest absolute Gasteiger partial charge is 0.378 e. The number of anilines is 4. The molecule has 16 heterocycles. The number of hydrogen-bond donors (Lipinski definition) is 4. The summed E-state index contributed by atoms with van der Waals surface area (Å²) in [5.74, 6) is 6.50. The summed E-state index contributed by atoms with van der Waals surface area (Å²) in [6, 6.07) is 35.2. The Balaban J connectivity index is 0.000000104. The Kier molecular flexibility index (Phi) is 27.3. The van der Waals surface area contributed by atoms with Crippen LogP contribution in [0.2, 0.25) is 0 Å². The van der Waals surface area contributed by atoms with Crippen LogP contribution in [0.4, 0.5) is 46.8 Å². The molecule has 0 radical (unpaired) electrons. The minimum absolute atomic E-state index is 0.00182. The van der Waals surface area contributed by atoms with Gasteiger partial charge in [-0.2, -0.15) is 30.3 Å². The number of ether oxygens (including phenoxy) is 1. The van der Waals surface area contributed by atoms with Gasteiger partial charge in [-0.1, -0.05) is 178 Å². The van der Waals surface area contributed by atoms with E-state index in [1.807, 2.05) is 115 Å². The van der Waals surface area contributed by atoms with Crippen molar-refractivity contribution >= 4 is 110 Å². The number of halogens is 1. The van der Waals surface area contributed by atoms with Crippen molar-refractivity contribution in [2.24, 2.45) is 62.6 Å². The van der Waals surface area contributed by atoms with Gasteiger partial charge in [0.2, 0.25) is 23.3 Å². The molecular weight excluding hydrogens is 1890 g/mol. The maximum Gasteiger partial charge on any atom is 0.348 e. The molecule has 20 aliphatic rings. The second-order valence-electron chi connectivity index (χ2n) is 48.0. The number of fused-ring (bicyclic) bond motifs is 20. The van der Waals surface area contributed by atoms with Gasteiger partial charge in [0.15, 0.2) is 5.83 Å². The number of carbonyl (C=O) groups is 4. The average molecular weight is 2040 g/mol. The Bertz CT molecular complexity index is 6940. The Morgan fingerprint density at radius 3 is 0.820 bits per heavy atom. The van der Waals surface area contributed by atoms with Crippen molar-refractivity contribution in [3.05, 3.63) is 200 Å². The van der Waals surface area contributed by atoms with Gasteiger partial charge >= 0.3 is 24.1 Å². The number of hydrazone groups is 3. The zero-order valence-electron chi connectivity index (χ0n) is 86.4. The standard InChI is InChI=1S/C30H36FN5O2.C29H36N6O3.2C29H36N6O2/c1-18-25(31)17-34(30(38)32-18)28-29(37)36(27-11-3-2-10-26(27)33-28)24-15-21-8-5-9-22(16-24)35(21)23-13-19-6-4-7-20(12-19)14-23;1-18-15-30-35(29(37)31-18)27-28(36)34(26-9-5-4-8-25(26)32-27)22-13-23-16-38-17-24(14-22)33(23)21-11-19-6-2-3-7-20(10-19)12-21;1-18-17-30-35(29(37)31-18)27-28(36)34(26-11-3-2-10-25(26)32-27)24-15-21-8-5-9-22(16-24)33(21)23-13-19-6-4-7-20(12-19)14-23;1-18-17-30-35(29(37)31-18)27-28(36)34(26-9-5-4-8-25(26)32-27)24-15-21-10-11-22(16-24)33(21)23-13-19-6-2-3-7-20(12-19)14-23/h2-3,10-11,17,19-24H,1,4-9,12-16H2,(H,32,38);4-5,8-9,15,19-24H,1-3,6-7,10-14,16-17H2,(H,31,37);2-3,10-11,17,19-24H,1,4-9,12-16H2,(H,31,37);4-5,8-9,17,19-24H,1-3,6-7,10-16H2,(H,31,37)/t19-,20+,21-,22+,23?,24?;19-,20+,21?,22?,23-,24+;2*19-,20+,21-,22+,23?,24?. The maximum absolute atomic E-state index is 14.4. The van der Waals surface area contributed by atoms with Crippen LogP contribution in [-0.4, -0.2) is 186 Å². The van der Waals surface area contributed by atoms with Crippen molar-refractivity contribution < 1.29 is 28.3 Å². The van der Waals surface area contributed by atoms with Crippen LogP contribution in [0.25, 0.3) is 44.1 Å². The number of nitrogens with zero attached hydrogens (tertiary/aromatic N) is 19. The first kappa shape index (κ1) is 98.7. The number of nitrogens with one attached hydrogen (secondary N) is 4. The van der Waals surface area contributed by atoms with E-state index in [2.05, 4.69) is 102 Å². The molecule has 788 valence electrons. The molecule has 8 saturated carbocycles. The zero-order chi connectivity index (χ0) is 102. The van der Waals surface area contributed by atoms with Crippen LogP contribution in [0.5, 0.6) is 0 Å². The molecule has 4 aromatic heterocycles. The van der Waals surface area contributed by atoms with Gasteiger partial charge < -0.3 is 44.3 Å². The summed E-state index contributed by atoms with van der Waals surface area (Å²) >= 11 is 0. The number of benzene rings is 4. The number of hydrogen-bond acceptors (Lipinski definition) is 20. The molecule has 8 aromatic rings. The van der Waals surface area contributed by atoms with Crippen LogP contribution in [0.15, 0.2) is 193 Å². The monoisotopic (exact) mass is 2030 g/mol. The summed E-state index contributed by atoms with van der Waals surface area (Å²) in [5, 5.41) is 26.1. The molecule has 28 rings (SSSR count). The van der Waals surface area contributed by atoms with Crippen molar-refractivity contribution in [1.29, 1.82) is 0 Å². The van der Waals surface area contributed by atoms with Crippen LogP contribution < -0.4 is 63.4 Å².